The van der Waals surface area contributed by atoms with Gasteiger partial charge >= 0.3 is 5.69 Å². The topological polar surface area (TPSA) is 114 Å². The van der Waals surface area contributed by atoms with Crippen molar-refractivity contribution in [1.82, 2.24) is 25.4 Å². The Morgan fingerprint density at radius 3 is 2.61 bits per heavy atom. The number of carbonyl (C=O) groups excluding carboxylic acids is 1. The predicted octanol–water partition coefficient (Wildman–Crippen LogP) is 2.92. The van der Waals surface area contributed by atoms with Crippen molar-refractivity contribution in [3.63, 3.8) is 0 Å². The standard InChI is InChI=1S/C20H23N5O3/c1-11-8-6-7-9-13(11)16-24-18(28-25-16)12(2)21-17(26)14-10-15(20(3,4)5)23-19(27)22-14/h6-10,12H,1-5H3,(H,21,26)(H,22,23,27)/t12-/m0/s1. The van der Waals surface area contributed by atoms with E-state index in [1.165, 1.54) is 0 Å². The van der Waals surface area contributed by atoms with Gasteiger partial charge in [0, 0.05) is 16.7 Å². The normalized spacial score (nSPS) is 12.6. The Morgan fingerprint density at radius 2 is 1.93 bits per heavy atom. The zero-order valence-electron chi connectivity index (χ0n) is 16.5. The second kappa shape index (κ2) is 7.38. The fourth-order valence-electron chi connectivity index (χ4n) is 2.65. The Morgan fingerprint density at radius 1 is 1.21 bits per heavy atom. The van der Waals surface area contributed by atoms with Gasteiger partial charge in [-0.3, -0.25) is 4.79 Å². The minimum absolute atomic E-state index is 0.0409. The van der Waals surface area contributed by atoms with Gasteiger partial charge in [-0.1, -0.05) is 50.2 Å². The summed E-state index contributed by atoms with van der Waals surface area (Å²) < 4.78 is 5.31. The molecule has 0 bridgehead atoms. The number of hydrogen-bond acceptors (Lipinski definition) is 6. The van der Waals surface area contributed by atoms with Gasteiger partial charge in [-0.05, 0) is 25.5 Å². The van der Waals surface area contributed by atoms with Gasteiger partial charge in [0.2, 0.25) is 11.7 Å². The number of benzene rings is 1. The molecule has 2 aromatic heterocycles. The van der Waals surface area contributed by atoms with E-state index in [-0.39, 0.29) is 17.0 Å². The first kappa shape index (κ1) is 19.5. The molecule has 0 unspecified atom stereocenters. The molecule has 3 rings (SSSR count). The minimum Gasteiger partial charge on any atom is -0.339 e. The summed E-state index contributed by atoms with van der Waals surface area (Å²) in [5, 5.41) is 6.75. The van der Waals surface area contributed by atoms with Crippen LogP contribution in [0.4, 0.5) is 0 Å². The lowest BCUT2D eigenvalue weighted by Gasteiger charge is -2.18. The van der Waals surface area contributed by atoms with Crippen LogP contribution in [0.1, 0.15) is 61.4 Å². The Kier molecular flexibility index (Phi) is 5.13. The molecule has 0 saturated heterocycles. The molecule has 2 heterocycles. The maximum Gasteiger partial charge on any atom is 0.345 e. The van der Waals surface area contributed by atoms with E-state index in [2.05, 4.69) is 25.4 Å². The van der Waals surface area contributed by atoms with E-state index in [1.54, 1.807) is 13.0 Å². The van der Waals surface area contributed by atoms with Crippen LogP contribution in [0, 0.1) is 6.92 Å². The third kappa shape index (κ3) is 4.16. The van der Waals surface area contributed by atoms with E-state index in [0.717, 1.165) is 11.1 Å². The highest BCUT2D eigenvalue weighted by molar-refractivity contribution is 5.92. The predicted molar refractivity (Wildman–Crippen MR) is 104 cm³/mol. The lowest BCUT2D eigenvalue weighted by atomic mass is 9.91. The van der Waals surface area contributed by atoms with E-state index in [1.807, 2.05) is 52.0 Å². The lowest BCUT2D eigenvalue weighted by molar-refractivity contribution is 0.0926. The molecule has 8 nitrogen and oxygen atoms in total. The molecular weight excluding hydrogens is 358 g/mol. The molecular formula is C20H23N5O3. The number of hydrogen-bond donors (Lipinski definition) is 2. The SMILES string of the molecule is Cc1ccccc1-c1noc([C@H](C)NC(=O)c2cc(C(C)(C)C)[nH]c(=O)n2)n1. The second-order valence-electron chi connectivity index (χ2n) is 7.70. The zero-order valence-corrected chi connectivity index (χ0v) is 16.5. The van der Waals surface area contributed by atoms with E-state index >= 15 is 0 Å². The average Bonchev–Trinajstić information content (AvgIpc) is 3.11. The van der Waals surface area contributed by atoms with Crippen LogP contribution in [0.3, 0.4) is 0 Å². The Hall–Kier alpha value is -3.29. The number of carbonyl (C=O) groups is 1. The number of H-pyrrole nitrogens is 1. The summed E-state index contributed by atoms with van der Waals surface area (Å²) in [6.45, 7) is 9.50. The summed E-state index contributed by atoms with van der Waals surface area (Å²) >= 11 is 0. The maximum atomic E-state index is 12.6. The molecule has 1 atom stereocenters. The molecule has 1 aromatic carbocycles. The first-order valence-electron chi connectivity index (χ1n) is 8.97. The number of rotatable bonds is 4. The van der Waals surface area contributed by atoms with Gasteiger partial charge in [-0.2, -0.15) is 9.97 Å². The van der Waals surface area contributed by atoms with Crippen molar-refractivity contribution in [2.24, 2.45) is 0 Å². The molecule has 3 aromatic rings. The fraction of sp³-hybridized carbons (Fsp3) is 0.350. The van der Waals surface area contributed by atoms with Crippen LogP contribution in [0.5, 0.6) is 0 Å². The molecule has 0 radical (unpaired) electrons. The zero-order chi connectivity index (χ0) is 20.5. The third-order valence-corrected chi connectivity index (χ3v) is 4.33. The Labute approximate surface area is 162 Å². The van der Waals surface area contributed by atoms with Crippen LogP contribution >= 0.6 is 0 Å². The maximum absolute atomic E-state index is 12.6. The van der Waals surface area contributed by atoms with E-state index in [9.17, 15) is 9.59 Å². The molecule has 0 spiro atoms. The number of aromatic nitrogens is 4. The number of amides is 1. The number of nitrogens with one attached hydrogen (secondary N) is 2. The summed E-state index contributed by atoms with van der Waals surface area (Å²) in [4.78, 5) is 35.2. The van der Waals surface area contributed by atoms with Crippen LogP contribution in [0.15, 0.2) is 39.6 Å². The quantitative estimate of drug-likeness (QED) is 0.718. The number of aromatic amines is 1. The van der Waals surface area contributed by atoms with E-state index in [4.69, 9.17) is 4.52 Å². The molecule has 146 valence electrons. The third-order valence-electron chi connectivity index (χ3n) is 4.33. The molecule has 0 aliphatic carbocycles. The van der Waals surface area contributed by atoms with Crippen LogP contribution in [-0.4, -0.2) is 26.0 Å². The Bertz CT molecular complexity index is 1060. The largest absolute Gasteiger partial charge is 0.345 e. The van der Waals surface area contributed by atoms with Gasteiger partial charge in [0.1, 0.15) is 11.7 Å². The Balaban J connectivity index is 1.80. The summed E-state index contributed by atoms with van der Waals surface area (Å²) in [6.07, 6.45) is 0. The highest BCUT2D eigenvalue weighted by Crippen LogP contribution is 2.22. The number of nitrogens with zero attached hydrogens (tertiary/aromatic N) is 3. The van der Waals surface area contributed by atoms with E-state index in [0.29, 0.717) is 11.5 Å². The molecule has 28 heavy (non-hydrogen) atoms. The molecule has 0 aliphatic heterocycles. The van der Waals surface area contributed by atoms with Crippen molar-refractivity contribution < 1.29 is 9.32 Å². The monoisotopic (exact) mass is 381 g/mol. The summed E-state index contributed by atoms with van der Waals surface area (Å²) in [5.41, 5.74) is 1.67. The smallest absolute Gasteiger partial charge is 0.339 e. The van der Waals surface area contributed by atoms with Gasteiger partial charge in [-0.25, -0.2) is 4.79 Å². The molecule has 2 N–H and O–H groups in total. The van der Waals surface area contributed by atoms with Gasteiger partial charge < -0.3 is 14.8 Å². The van der Waals surface area contributed by atoms with Crippen molar-refractivity contribution in [3.8, 4) is 11.4 Å². The summed E-state index contributed by atoms with van der Waals surface area (Å²) in [7, 11) is 0. The van der Waals surface area contributed by atoms with Gasteiger partial charge in [-0.15, -0.1) is 0 Å². The van der Waals surface area contributed by atoms with Crippen molar-refractivity contribution in [3.05, 3.63) is 63.7 Å². The second-order valence-corrected chi connectivity index (χ2v) is 7.70. The molecule has 0 saturated carbocycles. The van der Waals surface area contributed by atoms with Gasteiger partial charge in [0.25, 0.3) is 5.91 Å². The van der Waals surface area contributed by atoms with Crippen LogP contribution in [0.25, 0.3) is 11.4 Å². The van der Waals surface area contributed by atoms with Gasteiger partial charge in [0.15, 0.2) is 0 Å². The first-order chi connectivity index (χ1) is 13.1. The summed E-state index contributed by atoms with van der Waals surface area (Å²) in [5.74, 6) is 0.241. The summed E-state index contributed by atoms with van der Waals surface area (Å²) in [6, 6.07) is 8.73. The molecule has 0 aliphatic rings. The minimum atomic E-state index is -0.565. The molecule has 8 heteroatoms. The highest BCUT2D eigenvalue weighted by atomic mass is 16.5. The lowest BCUT2D eigenvalue weighted by Crippen LogP contribution is -2.31. The van der Waals surface area contributed by atoms with Gasteiger partial charge in [0.05, 0.1) is 0 Å². The fourth-order valence-corrected chi connectivity index (χ4v) is 2.65. The van der Waals surface area contributed by atoms with Crippen molar-refractivity contribution in [2.75, 3.05) is 0 Å². The molecule has 1 amide bonds. The van der Waals surface area contributed by atoms with Crippen molar-refractivity contribution in [1.29, 1.82) is 0 Å². The molecule has 0 fully saturated rings. The van der Waals surface area contributed by atoms with E-state index < -0.39 is 17.6 Å². The van der Waals surface area contributed by atoms with Crippen molar-refractivity contribution >= 4 is 5.91 Å². The van der Waals surface area contributed by atoms with Crippen LogP contribution < -0.4 is 11.0 Å². The first-order valence-corrected chi connectivity index (χ1v) is 8.97. The van der Waals surface area contributed by atoms with Crippen molar-refractivity contribution in [2.45, 2.75) is 46.1 Å². The highest BCUT2D eigenvalue weighted by Gasteiger charge is 2.22. The number of aryl methyl sites for hydroxylation is 1. The van der Waals surface area contributed by atoms with Crippen LogP contribution in [-0.2, 0) is 5.41 Å². The van der Waals surface area contributed by atoms with Crippen LogP contribution in [0.2, 0.25) is 0 Å². The average molecular weight is 381 g/mol.